The molecule has 1 N–H and O–H groups in total. The molecule has 0 radical (unpaired) electrons. The monoisotopic (exact) mass is 608 g/mol. The number of ether oxygens (including phenoxy) is 1. The number of nitrogens with zero attached hydrogens (tertiary/aromatic N) is 5. The lowest BCUT2D eigenvalue weighted by Gasteiger charge is -2.34. The largest absolute Gasteiger partial charge is 0.379 e. The highest BCUT2D eigenvalue weighted by Gasteiger charge is 2.24. The Labute approximate surface area is 245 Å². The fraction of sp³-hybridized carbons (Fsp3) is 0.581. The highest BCUT2D eigenvalue weighted by molar-refractivity contribution is 9.10. The fourth-order valence-corrected chi connectivity index (χ4v) is 7.06. The van der Waals surface area contributed by atoms with Crippen molar-refractivity contribution in [2.24, 2.45) is 5.92 Å². The van der Waals surface area contributed by atoms with Crippen LogP contribution in [0.5, 0.6) is 0 Å². The van der Waals surface area contributed by atoms with Crippen molar-refractivity contribution in [1.82, 2.24) is 19.4 Å². The van der Waals surface area contributed by atoms with E-state index in [9.17, 15) is 4.79 Å². The van der Waals surface area contributed by atoms with Gasteiger partial charge in [0.2, 0.25) is 5.95 Å². The Hall–Kier alpha value is -2.49. The molecule has 3 fully saturated rings. The Morgan fingerprint density at radius 1 is 1.02 bits per heavy atom. The molecule has 3 aliphatic rings. The first-order valence-corrected chi connectivity index (χ1v) is 15.9. The third kappa shape index (κ3) is 6.06. The van der Waals surface area contributed by atoms with Crippen molar-refractivity contribution in [3.8, 4) is 0 Å². The van der Waals surface area contributed by atoms with E-state index in [0.717, 1.165) is 93.3 Å². The summed E-state index contributed by atoms with van der Waals surface area (Å²) in [5, 5.41) is 4.30. The first kappa shape index (κ1) is 27.7. The predicted octanol–water partition coefficient (Wildman–Crippen LogP) is 6.05. The van der Waals surface area contributed by atoms with Gasteiger partial charge >= 0.3 is 0 Å². The van der Waals surface area contributed by atoms with Crippen molar-refractivity contribution in [3.63, 3.8) is 0 Å². The molecule has 0 unspecified atom stereocenters. The molecule has 2 saturated heterocycles. The van der Waals surface area contributed by atoms with Crippen LogP contribution in [0.4, 0.5) is 17.3 Å². The van der Waals surface area contributed by atoms with Gasteiger partial charge in [-0.25, -0.2) is 4.98 Å². The number of fused-ring (bicyclic) bond motifs is 1. The average Bonchev–Trinajstić information content (AvgIpc) is 3.52. The highest BCUT2D eigenvalue weighted by Crippen LogP contribution is 2.33. The van der Waals surface area contributed by atoms with Gasteiger partial charge in [-0.05, 0) is 104 Å². The molecular weight excluding hydrogens is 568 g/mol. The normalized spacial score (nSPS) is 19.5. The molecule has 9 heteroatoms. The lowest BCUT2D eigenvalue weighted by molar-refractivity contribution is 0.0365. The van der Waals surface area contributed by atoms with Gasteiger partial charge in [0.25, 0.3) is 5.56 Å². The van der Waals surface area contributed by atoms with Gasteiger partial charge in [-0.2, -0.15) is 4.98 Å². The van der Waals surface area contributed by atoms with Gasteiger partial charge in [0.1, 0.15) is 5.65 Å². The average molecular weight is 610 g/mol. The molecule has 0 bridgehead atoms. The minimum atomic E-state index is 0.00627. The van der Waals surface area contributed by atoms with Crippen molar-refractivity contribution >= 4 is 44.3 Å². The number of pyridine rings is 1. The van der Waals surface area contributed by atoms with Gasteiger partial charge in [0.15, 0.2) is 0 Å². The molecule has 40 heavy (non-hydrogen) atoms. The molecule has 214 valence electrons. The second-order valence-electron chi connectivity index (χ2n) is 11.7. The predicted molar refractivity (Wildman–Crippen MR) is 165 cm³/mol. The first-order chi connectivity index (χ1) is 19.6. The Morgan fingerprint density at radius 2 is 1.75 bits per heavy atom. The van der Waals surface area contributed by atoms with Crippen LogP contribution in [0.15, 0.2) is 39.7 Å². The minimum Gasteiger partial charge on any atom is -0.379 e. The summed E-state index contributed by atoms with van der Waals surface area (Å²) in [5.74, 6) is 1.36. The number of aromatic nitrogens is 3. The lowest BCUT2D eigenvalue weighted by atomic mass is 9.92. The van der Waals surface area contributed by atoms with Crippen LogP contribution in [0.1, 0.15) is 63.0 Å². The number of morpholine rings is 1. The van der Waals surface area contributed by atoms with Crippen molar-refractivity contribution in [3.05, 3.63) is 50.9 Å². The number of rotatable bonds is 8. The fourth-order valence-electron chi connectivity index (χ4n) is 6.66. The zero-order chi connectivity index (χ0) is 27.5. The smallest absolute Gasteiger partial charge is 0.267 e. The van der Waals surface area contributed by atoms with Crippen LogP contribution in [-0.4, -0.2) is 65.4 Å². The van der Waals surface area contributed by atoms with Crippen LogP contribution in [0.2, 0.25) is 0 Å². The van der Waals surface area contributed by atoms with E-state index in [1.54, 1.807) is 0 Å². The van der Waals surface area contributed by atoms with Gasteiger partial charge in [-0.15, -0.1) is 0 Å². The topological polar surface area (TPSA) is 75.5 Å². The number of aryl methyl sites for hydroxylation is 1. The van der Waals surface area contributed by atoms with E-state index in [4.69, 9.17) is 9.72 Å². The van der Waals surface area contributed by atoms with Crippen LogP contribution in [0.25, 0.3) is 11.0 Å². The van der Waals surface area contributed by atoms with Crippen molar-refractivity contribution < 1.29 is 4.74 Å². The quantitative estimate of drug-likeness (QED) is 0.333. The Kier molecular flexibility index (Phi) is 8.70. The molecule has 6 rings (SSSR count). The summed E-state index contributed by atoms with van der Waals surface area (Å²) in [6, 6.07) is 8.79. The zero-order valence-electron chi connectivity index (χ0n) is 23.6. The van der Waals surface area contributed by atoms with Gasteiger partial charge in [-0.1, -0.05) is 12.8 Å². The first-order valence-electron chi connectivity index (χ1n) is 15.1. The van der Waals surface area contributed by atoms with Gasteiger partial charge in [-0.3, -0.25) is 14.3 Å². The molecular formula is C31H41BrN6O2. The maximum Gasteiger partial charge on any atom is 0.267 e. The summed E-state index contributed by atoms with van der Waals surface area (Å²) in [5.41, 5.74) is 3.84. The molecule has 2 aliphatic heterocycles. The van der Waals surface area contributed by atoms with E-state index in [2.05, 4.69) is 60.3 Å². The van der Waals surface area contributed by atoms with E-state index < -0.39 is 0 Å². The van der Waals surface area contributed by atoms with E-state index >= 15 is 0 Å². The van der Waals surface area contributed by atoms with E-state index in [1.165, 1.54) is 37.9 Å². The number of nitrogens with one attached hydrogen (secondary N) is 1. The number of piperidine rings is 1. The molecule has 8 nitrogen and oxygen atoms in total. The van der Waals surface area contributed by atoms with E-state index in [1.807, 2.05) is 17.7 Å². The van der Waals surface area contributed by atoms with Gasteiger partial charge < -0.3 is 15.0 Å². The van der Waals surface area contributed by atoms with Crippen LogP contribution in [0.3, 0.4) is 0 Å². The lowest BCUT2D eigenvalue weighted by Crippen LogP contribution is -2.37. The maximum atomic E-state index is 13.2. The molecule has 1 aromatic carbocycles. The molecule has 1 aliphatic carbocycles. The molecule has 0 spiro atoms. The van der Waals surface area contributed by atoms with Gasteiger partial charge in [0.05, 0.1) is 17.7 Å². The summed E-state index contributed by atoms with van der Waals surface area (Å²) in [6.07, 6.45) is 11.4. The summed E-state index contributed by atoms with van der Waals surface area (Å²) < 4.78 is 7.97. The standard InChI is InChI=1S/C31H41BrN6O2/c1-22-27-21-33-31(35-29(27)38(30(39)28(22)32)26-6-2-3-7-26)34-24-8-10-25(11-9-24)37-15-12-23(13-16-37)5-4-14-36-17-19-40-20-18-36/h8-11,21,23,26H,2-7,12-20H2,1H3,(H,33,34,35). The number of hydrogen-bond acceptors (Lipinski definition) is 7. The second-order valence-corrected chi connectivity index (χ2v) is 12.5. The molecule has 1 saturated carbocycles. The number of benzene rings is 1. The zero-order valence-corrected chi connectivity index (χ0v) is 25.2. The summed E-state index contributed by atoms with van der Waals surface area (Å²) in [6.45, 7) is 9.38. The Bertz CT molecular complexity index is 1360. The van der Waals surface area contributed by atoms with E-state index in [0.29, 0.717) is 10.4 Å². The van der Waals surface area contributed by atoms with Crippen molar-refractivity contribution in [2.75, 3.05) is 56.2 Å². The summed E-state index contributed by atoms with van der Waals surface area (Å²) in [7, 11) is 0. The minimum absolute atomic E-state index is 0.00627. The highest BCUT2D eigenvalue weighted by atomic mass is 79.9. The SMILES string of the molecule is Cc1c(Br)c(=O)n(C2CCCC2)c2nc(Nc3ccc(N4CCC(CCCN5CCOCC5)CC4)cc3)ncc12. The van der Waals surface area contributed by atoms with Crippen LogP contribution < -0.4 is 15.8 Å². The van der Waals surface area contributed by atoms with Crippen LogP contribution >= 0.6 is 15.9 Å². The summed E-state index contributed by atoms with van der Waals surface area (Å²) in [4.78, 5) is 27.7. The number of halogens is 1. The molecule has 0 amide bonds. The third-order valence-electron chi connectivity index (χ3n) is 9.12. The van der Waals surface area contributed by atoms with Gasteiger partial charge in [0, 0.05) is 55.2 Å². The molecule has 0 atom stereocenters. The third-order valence-corrected chi connectivity index (χ3v) is 10.1. The van der Waals surface area contributed by atoms with Crippen LogP contribution in [0, 0.1) is 12.8 Å². The molecule has 2 aromatic heterocycles. The molecule has 3 aromatic rings. The number of anilines is 3. The van der Waals surface area contributed by atoms with Crippen molar-refractivity contribution in [1.29, 1.82) is 0 Å². The second kappa shape index (κ2) is 12.6. The Morgan fingerprint density at radius 3 is 2.48 bits per heavy atom. The van der Waals surface area contributed by atoms with E-state index in [-0.39, 0.29) is 11.6 Å². The maximum absolute atomic E-state index is 13.2. The molecule has 4 heterocycles. The van der Waals surface area contributed by atoms with Crippen molar-refractivity contribution in [2.45, 2.75) is 64.3 Å². The van der Waals surface area contributed by atoms with Crippen LogP contribution in [-0.2, 0) is 4.74 Å². The number of hydrogen-bond donors (Lipinski definition) is 1. The Balaban J connectivity index is 1.07. The summed E-state index contributed by atoms with van der Waals surface area (Å²) >= 11 is 3.53.